The van der Waals surface area contributed by atoms with Crippen molar-refractivity contribution in [1.29, 1.82) is 0 Å². The lowest BCUT2D eigenvalue weighted by Gasteiger charge is -2.23. The van der Waals surface area contributed by atoms with Crippen LogP contribution in [0.5, 0.6) is 0 Å². The van der Waals surface area contributed by atoms with E-state index in [1.807, 2.05) is 25.1 Å². The molecule has 1 aromatic carbocycles. The topological polar surface area (TPSA) is 51.2 Å². The fourth-order valence-corrected chi connectivity index (χ4v) is 2.72. The molecule has 1 aromatic heterocycles. The summed E-state index contributed by atoms with van der Waals surface area (Å²) in [6, 6.07) is 9.06. The number of benzene rings is 1. The fourth-order valence-electron chi connectivity index (χ4n) is 2.55. The highest BCUT2D eigenvalue weighted by Crippen LogP contribution is 2.24. The van der Waals surface area contributed by atoms with Gasteiger partial charge in [-0.05, 0) is 38.0 Å². The molecule has 1 aliphatic rings. The van der Waals surface area contributed by atoms with E-state index in [1.165, 1.54) is 0 Å². The predicted molar refractivity (Wildman–Crippen MR) is 82.7 cm³/mol. The lowest BCUT2D eigenvalue weighted by molar-refractivity contribution is 0.0205. The van der Waals surface area contributed by atoms with Crippen LogP contribution in [0, 0.1) is 0 Å². The molecule has 1 amide bonds. The number of fused-ring (bicyclic) bond motifs is 1. The molecule has 1 atom stereocenters. The third kappa shape index (κ3) is 3.17. The zero-order valence-corrected chi connectivity index (χ0v) is 12.6. The van der Waals surface area contributed by atoms with Crippen molar-refractivity contribution in [3.63, 3.8) is 0 Å². The molecule has 3 rings (SSSR count). The third-order valence-electron chi connectivity index (χ3n) is 3.81. The zero-order valence-electron chi connectivity index (χ0n) is 11.9. The Bertz CT molecular complexity index is 681. The Morgan fingerprint density at radius 3 is 3.00 bits per heavy atom. The lowest BCUT2D eigenvalue weighted by atomic mass is 10.0. The third-order valence-corrected chi connectivity index (χ3v) is 4.05. The number of nitrogens with one attached hydrogen (secondary N) is 1. The molecule has 0 bridgehead atoms. The highest BCUT2D eigenvalue weighted by atomic mass is 35.5. The van der Waals surface area contributed by atoms with Crippen molar-refractivity contribution < 1.29 is 9.53 Å². The Hall–Kier alpha value is -1.65. The Labute approximate surface area is 128 Å². The van der Waals surface area contributed by atoms with Crippen molar-refractivity contribution in [1.82, 2.24) is 10.3 Å². The minimum absolute atomic E-state index is 0.186. The number of nitrogens with zero attached hydrogens (tertiary/aromatic N) is 1. The van der Waals surface area contributed by atoms with E-state index in [9.17, 15) is 4.79 Å². The van der Waals surface area contributed by atoms with Gasteiger partial charge < -0.3 is 10.1 Å². The number of pyridine rings is 1. The van der Waals surface area contributed by atoms with Gasteiger partial charge in [0.2, 0.25) is 0 Å². The summed E-state index contributed by atoms with van der Waals surface area (Å²) in [5, 5.41) is 4.47. The summed E-state index contributed by atoms with van der Waals surface area (Å²) in [5.74, 6) is -0.186. The van der Waals surface area contributed by atoms with E-state index >= 15 is 0 Å². The summed E-state index contributed by atoms with van der Waals surface area (Å²) in [6.45, 7) is 3.29. The summed E-state index contributed by atoms with van der Waals surface area (Å²) in [5.41, 5.74) is 0.861. The van der Waals surface area contributed by atoms with Crippen molar-refractivity contribution in [2.75, 3.05) is 13.2 Å². The predicted octanol–water partition coefficient (Wildman–Crippen LogP) is 3.19. The molecule has 0 radical (unpaired) electrons. The van der Waals surface area contributed by atoms with E-state index in [0.717, 1.165) is 30.4 Å². The van der Waals surface area contributed by atoms with Crippen LogP contribution in [0.1, 0.15) is 30.3 Å². The van der Waals surface area contributed by atoms with Crippen LogP contribution in [0.3, 0.4) is 0 Å². The molecule has 1 N–H and O–H groups in total. The second-order valence-electron chi connectivity index (χ2n) is 5.62. The van der Waals surface area contributed by atoms with Crippen molar-refractivity contribution in [3.8, 4) is 0 Å². The molecule has 1 aliphatic heterocycles. The van der Waals surface area contributed by atoms with Gasteiger partial charge in [-0.15, -0.1) is 0 Å². The average molecular weight is 305 g/mol. The average Bonchev–Trinajstić information content (AvgIpc) is 2.91. The molecular weight excluding hydrogens is 288 g/mol. The second kappa shape index (κ2) is 5.62. The number of halogens is 1. The molecule has 0 spiro atoms. The monoisotopic (exact) mass is 304 g/mol. The summed E-state index contributed by atoms with van der Waals surface area (Å²) in [4.78, 5) is 16.6. The first-order valence-corrected chi connectivity index (χ1v) is 7.42. The van der Waals surface area contributed by atoms with Gasteiger partial charge in [-0.2, -0.15) is 0 Å². The van der Waals surface area contributed by atoms with E-state index in [-0.39, 0.29) is 11.5 Å². The van der Waals surface area contributed by atoms with Gasteiger partial charge in [-0.3, -0.25) is 4.79 Å². The molecule has 2 aromatic rings. The van der Waals surface area contributed by atoms with Crippen LogP contribution in [0.4, 0.5) is 0 Å². The van der Waals surface area contributed by atoms with E-state index in [4.69, 9.17) is 16.3 Å². The highest BCUT2D eigenvalue weighted by molar-refractivity contribution is 6.31. The number of carbonyl (C=O) groups is 1. The molecule has 1 fully saturated rings. The number of ether oxygens (including phenoxy) is 1. The lowest BCUT2D eigenvalue weighted by Crippen LogP contribution is -2.40. The first-order chi connectivity index (χ1) is 10.1. The summed E-state index contributed by atoms with van der Waals surface area (Å²) in [7, 11) is 0. The number of aromatic nitrogens is 1. The van der Waals surface area contributed by atoms with Gasteiger partial charge in [0.1, 0.15) is 5.69 Å². The van der Waals surface area contributed by atoms with Crippen LogP contribution in [0.15, 0.2) is 30.3 Å². The molecular formula is C16H17ClN2O2. The number of amides is 1. The number of hydrogen-bond acceptors (Lipinski definition) is 3. The van der Waals surface area contributed by atoms with Gasteiger partial charge in [-0.1, -0.05) is 23.7 Å². The first-order valence-electron chi connectivity index (χ1n) is 7.04. The maximum atomic E-state index is 12.2. The molecule has 0 aliphatic carbocycles. The molecule has 2 heterocycles. The minimum atomic E-state index is -0.254. The minimum Gasteiger partial charge on any atom is -0.373 e. The number of hydrogen-bond donors (Lipinski definition) is 1. The van der Waals surface area contributed by atoms with Crippen LogP contribution in [0.2, 0.25) is 5.02 Å². The molecule has 1 unspecified atom stereocenters. The van der Waals surface area contributed by atoms with Crippen molar-refractivity contribution in [3.05, 3.63) is 41.0 Å². The first kappa shape index (κ1) is 14.3. The van der Waals surface area contributed by atoms with Crippen molar-refractivity contribution in [2.24, 2.45) is 0 Å². The van der Waals surface area contributed by atoms with E-state index < -0.39 is 0 Å². The zero-order chi connectivity index (χ0) is 14.9. The van der Waals surface area contributed by atoms with Gasteiger partial charge in [0.25, 0.3) is 5.91 Å². The van der Waals surface area contributed by atoms with E-state index in [2.05, 4.69) is 10.3 Å². The van der Waals surface area contributed by atoms with Gasteiger partial charge in [-0.25, -0.2) is 4.98 Å². The smallest absolute Gasteiger partial charge is 0.270 e. The Morgan fingerprint density at radius 2 is 2.24 bits per heavy atom. The van der Waals surface area contributed by atoms with Crippen LogP contribution in [0.25, 0.3) is 10.9 Å². The standard InChI is InChI=1S/C16H17ClN2O2/c1-16(7-2-8-21-16)10-18-15(20)13-6-4-11-3-5-12(17)9-14(11)19-13/h3-6,9H,2,7-8,10H2,1H3,(H,18,20). The quantitative estimate of drug-likeness (QED) is 0.947. The van der Waals surface area contributed by atoms with Crippen molar-refractivity contribution in [2.45, 2.75) is 25.4 Å². The second-order valence-corrected chi connectivity index (χ2v) is 6.05. The molecule has 5 heteroatoms. The largest absolute Gasteiger partial charge is 0.373 e. The van der Waals surface area contributed by atoms with Crippen molar-refractivity contribution >= 4 is 28.4 Å². The van der Waals surface area contributed by atoms with Gasteiger partial charge in [0.15, 0.2) is 0 Å². The number of rotatable bonds is 3. The molecule has 0 saturated carbocycles. The number of carbonyl (C=O) groups excluding carboxylic acids is 1. The van der Waals surface area contributed by atoms with Crippen LogP contribution in [-0.4, -0.2) is 29.6 Å². The Kier molecular flexibility index (Phi) is 3.83. The highest BCUT2D eigenvalue weighted by Gasteiger charge is 2.30. The summed E-state index contributed by atoms with van der Waals surface area (Å²) in [6.07, 6.45) is 2.01. The maximum absolute atomic E-state index is 12.2. The van der Waals surface area contributed by atoms with Gasteiger partial charge in [0, 0.05) is 23.6 Å². The molecule has 21 heavy (non-hydrogen) atoms. The van der Waals surface area contributed by atoms with E-state index in [0.29, 0.717) is 17.3 Å². The fraction of sp³-hybridized carbons (Fsp3) is 0.375. The maximum Gasteiger partial charge on any atom is 0.270 e. The summed E-state index contributed by atoms with van der Waals surface area (Å²) < 4.78 is 5.66. The Balaban J connectivity index is 1.75. The van der Waals surface area contributed by atoms with Crippen LogP contribution >= 0.6 is 11.6 Å². The normalized spacial score (nSPS) is 21.6. The van der Waals surface area contributed by atoms with Gasteiger partial charge >= 0.3 is 0 Å². The SMILES string of the molecule is CC1(CNC(=O)c2ccc3ccc(Cl)cc3n2)CCCO1. The van der Waals surface area contributed by atoms with Crippen LogP contribution < -0.4 is 5.32 Å². The molecule has 4 nitrogen and oxygen atoms in total. The van der Waals surface area contributed by atoms with E-state index in [1.54, 1.807) is 12.1 Å². The van der Waals surface area contributed by atoms with Crippen LogP contribution in [-0.2, 0) is 4.74 Å². The summed E-state index contributed by atoms with van der Waals surface area (Å²) >= 11 is 5.96. The van der Waals surface area contributed by atoms with Gasteiger partial charge in [0.05, 0.1) is 11.1 Å². The molecule has 110 valence electrons. The molecule has 1 saturated heterocycles. The Morgan fingerprint density at radius 1 is 1.43 bits per heavy atom.